The van der Waals surface area contributed by atoms with Crippen molar-refractivity contribution in [3.63, 3.8) is 0 Å². The van der Waals surface area contributed by atoms with Gasteiger partial charge in [-0.05, 0) is 50.8 Å². The second-order valence-electron chi connectivity index (χ2n) is 8.22. The molecule has 0 radical (unpaired) electrons. The maximum atomic E-state index is 14.2. The number of para-hydroxylation sites is 2. The van der Waals surface area contributed by atoms with Crippen LogP contribution in [0.3, 0.4) is 0 Å². The first-order valence-corrected chi connectivity index (χ1v) is 14.5. The van der Waals surface area contributed by atoms with Gasteiger partial charge in [0.25, 0.3) is 0 Å². The number of rotatable bonds is 9. The maximum absolute atomic E-state index is 14.2. The van der Waals surface area contributed by atoms with Crippen molar-refractivity contribution in [1.29, 1.82) is 0 Å². The van der Waals surface area contributed by atoms with E-state index in [1.54, 1.807) is 24.3 Å². The number of benzene rings is 3. The van der Waals surface area contributed by atoms with Crippen molar-refractivity contribution in [3.05, 3.63) is 103 Å². The lowest BCUT2D eigenvalue weighted by Crippen LogP contribution is -2.20. The van der Waals surface area contributed by atoms with Crippen LogP contribution in [0.5, 0.6) is 11.5 Å². The summed E-state index contributed by atoms with van der Waals surface area (Å²) in [6.45, 7) is 3.40. The maximum Gasteiger partial charge on any atom is 0.566 e. The third-order valence-electron chi connectivity index (χ3n) is 5.46. The molecule has 3 aromatic carbocycles. The number of hydrogen-bond donors (Lipinski definition) is 0. The van der Waals surface area contributed by atoms with Gasteiger partial charge in [-0.1, -0.05) is 78.9 Å². The number of nitrogens with zero attached hydrogens (tertiary/aromatic N) is 3. The van der Waals surface area contributed by atoms with Gasteiger partial charge in [0, 0.05) is 13.1 Å². The minimum absolute atomic E-state index is 0.294. The normalized spacial score (nSPS) is 17.3. The van der Waals surface area contributed by atoms with E-state index in [1.807, 2.05) is 109 Å². The predicted octanol–water partition coefficient (Wildman–Crippen LogP) is 7.19. The molecule has 35 heavy (non-hydrogen) atoms. The first kappa shape index (κ1) is 25.4. The Balaban J connectivity index is 1.72. The molecule has 4 rings (SSSR count). The quantitative estimate of drug-likeness (QED) is 0.283. The highest BCUT2D eigenvalue weighted by Gasteiger charge is 2.44. The SMILES string of the molecule is CC(/C=C/c1ccccc1)OP1(=NP(=O)(Oc2ccccc2)Oc2ccccc2)N(C)CCN1C. The standard InChI is InChI=1S/C26H31N3O4P2/c1-23(19-20-24-13-7-4-8-14-24)31-34(28(2)21-22-29(34)3)27-35(30,32-25-15-9-5-10-16-25)33-26-17-11-6-12-18-26/h4-20,23H,21-22H2,1-3H3/b20-19+. The Labute approximate surface area is 207 Å². The van der Waals surface area contributed by atoms with Crippen LogP contribution in [0, 0.1) is 0 Å². The Hall–Kier alpha value is -2.66. The van der Waals surface area contributed by atoms with Gasteiger partial charge in [-0.25, -0.2) is 13.9 Å². The molecule has 1 unspecified atom stereocenters. The molecule has 184 valence electrons. The van der Waals surface area contributed by atoms with Crippen LogP contribution in [0.4, 0.5) is 0 Å². The molecule has 1 fully saturated rings. The molecule has 3 aromatic rings. The van der Waals surface area contributed by atoms with E-state index in [1.165, 1.54) is 0 Å². The van der Waals surface area contributed by atoms with Crippen LogP contribution in [0.15, 0.2) is 102 Å². The summed E-state index contributed by atoms with van der Waals surface area (Å²) >= 11 is 0. The van der Waals surface area contributed by atoms with Gasteiger partial charge in [0.05, 0.1) is 6.10 Å². The van der Waals surface area contributed by atoms with Crippen LogP contribution in [0.2, 0.25) is 0 Å². The van der Waals surface area contributed by atoms with Crippen molar-refractivity contribution in [3.8, 4) is 11.5 Å². The second kappa shape index (κ2) is 11.4. The Bertz CT molecular complexity index is 1160. The van der Waals surface area contributed by atoms with Crippen molar-refractivity contribution in [1.82, 2.24) is 9.34 Å². The minimum atomic E-state index is -4.04. The largest absolute Gasteiger partial charge is 0.566 e. The Morgan fingerprint density at radius 3 is 1.77 bits per heavy atom. The molecule has 0 bridgehead atoms. The highest BCUT2D eigenvalue weighted by atomic mass is 31.2. The molecule has 7 nitrogen and oxygen atoms in total. The van der Waals surface area contributed by atoms with E-state index in [9.17, 15) is 4.57 Å². The van der Waals surface area contributed by atoms with E-state index in [0.29, 0.717) is 11.5 Å². The van der Waals surface area contributed by atoms with Crippen molar-refractivity contribution < 1.29 is 18.1 Å². The van der Waals surface area contributed by atoms with Gasteiger partial charge in [0.15, 0.2) is 0 Å². The average Bonchev–Trinajstić information content (AvgIpc) is 3.12. The van der Waals surface area contributed by atoms with Gasteiger partial charge in [-0.2, -0.15) is 0 Å². The third-order valence-corrected chi connectivity index (χ3v) is 10.9. The molecule has 0 spiro atoms. The summed E-state index contributed by atoms with van der Waals surface area (Å²) in [6, 6.07) is 27.9. The Morgan fingerprint density at radius 1 is 0.829 bits per heavy atom. The summed E-state index contributed by atoms with van der Waals surface area (Å²) in [4.78, 5) is 0. The molecule has 0 aromatic heterocycles. The molecule has 0 saturated carbocycles. The van der Waals surface area contributed by atoms with Gasteiger partial charge in [0.2, 0.25) is 7.58 Å². The molecule has 1 aliphatic rings. The van der Waals surface area contributed by atoms with Crippen LogP contribution >= 0.6 is 15.3 Å². The van der Waals surface area contributed by atoms with Crippen molar-refractivity contribution in [2.45, 2.75) is 13.0 Å². The van der Waals surface area contributed by atoms with Gasteiger partial charge >= 0.3 is 7.75 Å². The Morgan fingerprint density at radius 2 is 1.29 bits per heavy atom. The summed E-state index contributed by atoms with van der Waals surface area (Å²) in [7, 11) is -3.05. The summed E-state index contributed by atoms with van der Waals surface area (Å²) in [5.74, 6) is 0.824. The molecule has 1 saturated heterocycles. The number of likely N-dealkylation sites (N-methyl/N-ethyl adjacent to an activating group) is 2. The summed E-state index contributed by atoms with van der Waals surface area (Å²) in [5.41, 5.74) is 1.07. The highest BCUT2D eigenvalue weighted by molar-refractivity contribution is 7.67. The third kappa shape index (κ3) is 6.52. The van der Waals surface area contributed by atoms with Gasteiger partial charge in [-0.15, -0.1) is 4.52 Å². The van der Waals surface area contributed by atoms with Gasteiger partial charge in [-0.3, -0.25) is 0 Å². The molecule has 0 aliphatic carbocycles. The predicted molar refractivity (Wildman–Crippen MR) is 142 cm³/mol. The minimum Gasteiger partial charge on any atom is -0.399 e. The first-order valence-electron chi connectivity index (χ1n) is 11.5. The van der Waals surface area contributed by atoms with E-state index < -0.39 is 15.3 Å². The van der Waals surface area contributed by atoms with Crippen molar-refractivity contribution in [2.24, 2.45) is 4.52 Å². The van der Waals surface area contributed by atoms with Crippen LogP contribution in [-0.2, 0) is 9.09 Å². The van der Waals surface area contributed by atoms with Crippen LogP contribution in [-0.4, -0.2) is 42.6 Å². The van der Waals surface area contributed by atoms with Gasteiger partial charge < -0.3 is 13.6 Å². The van der Waals surface area contributed by atoms with Gasteiger partial charge in [0.1, 0.15) is 11.5 Å². The summed E-state index contributed by atoms with van der Waals surface area (Å²) in [6.07, 6.45) is 3.70. The fourth-order valence-corrected chi connectivity index (χ4v) is 9.19. The van der Waals surface area contributed by atoms with E-state index in [2.05, 4.69) is 0 Å². The second-order valence-corrected chi connectivity index (χ2v) is 12.8. The van der Waals surface area contributed by atoms with Crippen LogP contribution in [0.1, 0.15) is 12.5 Å². The van der Waals surface area contributed by atoms with Crippen LogP contribution < -0.4 is 9.05 Å². The van der Waals surface area contributed by atoms with Crippen molar-refractivity contribution >= 4 is 21.4 Å². The summed E-state index contributed by atoms with van der Waals surface area (Å²) in [5, 5.41) is 0. The number of hydrogen-bond acceptors (Lipinski definition) is 4. The molecular formula is C26H31N3O4P2. The monoisotopic (exact) mass is 511 g/mol. The molecule has 0 N–H and O–H groups in total. The zero-order valence-electron chi connectivity index (χ0n) is 20.2. The smallest absolute Gasteiger partial charge is 0.399 e. The molecule has 1 aliphatic heterocycles. The molecule has 0 amide bonds. The summed E-state index contributed by atoms with van der Waals surface area (Å²) < 4.78 is 41.6. The fraction of sp³-hybridized carbons (Fsp3) is 0.231. The lowest BCUT2D eigenvalue weighted by Gasteiger charge is -2.33. The molecule has 1 heterocycles. The Kier molecular flexibility index (Phi) is 8.27. The zero-order valence-corrected chi connectivity index (χ0v) is 22.0. The average molecular weight is 511 g/mol. The zero-order chi connectivity index (χ0) is 24.7. The fourth-order valence-electron chi connectivity index (χ4n) is 3.63. The molecule has 9 heteroatoms. The van der Waals surface area contributed by atoms with E-state index >= 15 is 0 Å². The van der Waals surface area contributed by atoms with Crippen molar-refractivity contribution in [2.75, 3.05) is 27.2 Å². The van der Waals surface area contributed by atoms with E-state index in [0.717, 1.165) is 18.7 Å². The van der Waals surface area contributed by atoms with E-state index in [4.69, 9.17) is 18.1 Å². The first-order chi connectivity index (χ1) is 16.9. The highest BCUT2D eigenvalue weighted by Crippen LogP contribution is 2.68. The topological polar surface area (TPSA) is 63.6 Å². The lowest BCUT2D eigenvalue weighted by atomic mass is 10.2. The lowest BCUT2D eigenvalue weighted by molar-refractivity contribution is 0.259. The van der Waals surface area contributed by atoms with Crippen LogP contribution in [0.25, 0.3) is 6.08 Å². The molecular weight excluding hydrogens is 480 g/mol. The van der Waals surface area contributed by atoms with E-state index in [-0.39, 0.29) is 6.10 Å². The molecule has 1 atom stereocenters.